The van der Waals surface area contributed by atoms with Crippen LogP contribution >= 0.6 is 0 Å². The second-order valence-electron chi connectivity index (χ2n) is 11.1. The molecule has 8 nitrogen and oxygen atoms in total. The molecule has 1 unspecified atom stereocenters. The molecule has 1 saturated heterocycles. The maximum Gasteiger partial charge on any atom is 0.181 e. The van der Waals surface area contributed by atoms with Gasteiger partial charge in [0.15, 0.2) is 15.5 Å². The summed E-state index contributed by atoms with van der Waals surface area (Å²) in [5.41, 5.74) is 7.11. The first-order valence-electron chi connectivity index (χ1n) is 13.9. The number of pyridine rings is 1. The Bertz CT molecular complexity index is 1620. The summed E-state index contributed by atoms with van der Waals surface area (Å²) in [5.74, 6) is 0. The zero-order valence-corrected chi connectivity index (χ0v) is 22.6. The van der Waals surface area contributed by atoms with Gasteiger partial charge in [0.2, 0.25) is 0 Å². The second-order valence-corrected chi connectivity index (χ2v) is 13.3. The molecule has 2 aliphatic heterocycles. The Balaban J connectivity index is 1.14. The molecule has 3 aliphatic rings. The summed E-state index contributed by atoms with van der Waals surface area (Å²) in [7, 11) is -3.22. The number of sulfone groups is 1. The van der Waals surface area contributed by atoms with Crippen LogP contribution in [0.4, 0.5) is 0 Å². The van der Waals surface area contributed by atoms with Crippen LogP contribution in [-0.2, 0) is 22.7 Å². The van der Waals surface area contributed by atoms with E-state index in [-0.39, 0.29) is 11.3 Å². The van der Waals surface area contributed by atoms with E-state index in [1.165, 1.54) is 11.1 Å². The molecular formula is C30H33N5O3S. The molecule has 9 heteroatoms. The van der Waals surface area contributed by atoms with Crippen LogP contribution < -0.4 is 5.32 Å². The molecular weight excluding hydrogens is 510 g/mol. The zero-order chi connectivity index (χ0) is 26.6. The van der Waals surface area contributed by atoms with E-state index in [1.54, 1.807) is 12.1 Å². The number of hydrogen-bond donors (Lipinski definition) is 3. The Labute approximate surface area is 228 Å². The molecule has 2 atom stereocenters. The van der Waals surface area contributed by atoms with Crippen molar-refractivity contribution in [2.75, 3.05) is 19.6 Å². The van der Waals surface area contributed by atoms with E-state index < -0.39 is 16.1 Å². The van der Waals surface area contributed by atoms with Crippen molar-refractivity contribution in [1.82, 2.24) is 25.4 Å². The molecule has 0 bridgehead atoms. The summed E-state index contributed by atoms with van der Waals surface area (Å²) >= 11 is 0. The highest BCUT2D eigenvalue weighted by Gasteiger charge is 2.36. The van der Waals surface area contributed by atoms with Gasteiger partial charge in [0, 0.05) is 41.8 Å². The average Bonchev–Trinajstić information content (AvgIpc) is 3.60. The van der Waals surface area contributed by atoms with E-state index >= 15 is 0 Å². The van der Waals surface area contributed by atoms with E-state index in [9.17, 15) is 13.5 Å². The maximum atomic E-state index is 12.6. The fraction of sp³-hybridized carbons (Fsp3) is 0.400. The Morgan fingerprint density at radius 1 is 0.923 bits per heavy atom. The monoisotopic (exact) mass is 543 g/mol. The largest absolute Gasteiger partial charge is 0.377 e. The standard InChI is InChI=1S/C30H33N5O3S/c36-30(27-2-1-13-31-27)35-14-11-19-3-4-21(16-22(19)12-15-35)23-17-26-28(33-34-29(26)32-18-23)20-5-7-24(8-6-20)39(37,38)25-9-10-25/h3-8,16-18,25,27,30-31,36H,1-2,9-15H2,(H,32,33,34)/t27-,30?/m1/s1. The van der Waals surface area contributed by atoms with Crippen LogP contribution in [0.3, 0.4) is 0 Å². The van der Waals surface area contributed by atoms with Crippen LogP contribution in [-0.4, -0.2) is 70.8 Å². The highest BCUT2D eigenvalue weighted by atomic mass is 32.2. The number of H-pyrrole nitrogens is 1. The van der Waals surface area contributed by atoms with Crippen LogP contribution in [0.5, 0.6) is 0 Å². The van der Waals surface area contributed by atoms with Crippen LogP contribution in [0.1, 0.15) is 36.8 Å². The van der Waals surface area contributed by atoms with Crippen LogP contribution in [0.25, 0.3) is 33.4 Å². The fourth-order valence-electron chi connectivity index (χ4n) is 6.07. The fourth-order valence-corrected chi connectivity index (χ4v) is 7.72. The topological polar surface area (TPSA) is 111 Å². The molecule has 0 amide bonds. The summed E-state index contributed by atoms with van der Waals surface area (Å²) in [6, 6.07) is 16.0. The second kappa shape index (κ2) is 9.82. The third kappa shape index (κ3) is 4.67. The van der Waals surface area contributed by atoms with Crippen LogP contribution in [0, 0.1) is 0 Å². The van der Waals surface area contributed by atoms with Crippen molar-refractivity contribution in [3.63, 3.8) is 0 Å². The van der Waals surface area contributed by atoms with Gasteiger partial charge in [0.25, 0.3) is 0 Å². The van der Waals surface area contributed by atoms with Crippen LogP contribution in [0.15, 0.2) is 59.6 Å². The van der Waals surface area contributed by atoms with Gasteiger partial charge in [-0.15, -0.1) is 0 Å². The summed E-state index contributed by atoms with van der Waals surface area (Å²) in [5, 5.41) is 22.5. The number of aliphatic hydroxyl groups excluding tert-OH is 1. The third-order valence-corrected chi connectivity index (χ3v) is 10.8. The lowest BCUT2D eigenvalue weighted by molar-refractivity contribution is -0.0173. The van der Waals surface area contributed by atoms with E-state index in [1.807, 2.05) is 18.3 Å². The van der Waals surface area contributed by atoms with E-state index in [0.717, 1.165) is 85.9 Å². The highest BCUT2D eigenvalue weighted by Crippen LogP contribution is 2.35. The molecule has 1 saturated carbocycles. The first-order chi connectivity index (χ1) is 19.0. The first-order valence-corrected chi connectivity index (χ1v) is 15.5. The third-order valence-electron chi connectivity index (χ3n) is 8.55. The molecule has 2 fully saturated rings. The number of rotatable bonds is 6. The van der Waals surface area contributed by atoms with Crippen LogP contribution in [0.2, 0.25) is 0 Å². The van der Waals surface area contributed by atoms with Gasteiger partial charge >= 0.3 is 0 Å². The summed E-state index contributed by atoms with van der Waals surface area (Å²) in [6.07, 6.45) is 6.92. The molecule has 3 N–H and O–H groups in total. The van der Waals surface area contributed by atoms with E-state index in [0.29, 0.717) is 10.5 Å². The molecule has 1 aliphatic carbocycles. The number of nitrogens with one attached hydrogen (secondary N) is 2. The smallest absolute Gasteiger partial charge is 0.181 e. The average molecular weight is 544 g/mol. The van der Waals surface area contributed by atoms with E-state index in [2.05, 4.69) is 49.7 Å². The number of fused-ring (bicyclic) bond motifs is 2. The summed E-state index contributed by atoms with van der Waals surface area (Å²) in [6.45, 7) is 2.69. The van der Waals surface area contributed by atoms with Crippen molar-refractivity contribution in [2.45, 2.75) is 60.9 Å². The molecule has 7 rings (SSSR count). The number of benzene rings is 2. The summed E-state index contributed by atoms with van der Waals surface area (Å²) < 4.78 is 25.2. The number of nitrogens with zero attached hydrogens (tertiary/aromatic N) is 3. The van der Waals surface area contributed by atoms with Crippen molar-refractivity contribution >= 4 is 20.9 Å². The Morgan fingerprint density at radius 3 is 2.44 bits per heavy atom. The molecule has 4 heterocycles. The molecule has 202 valence electrons. The molecule has 0 radical (unpaired) electrons. The minimum atomic E-state index is -3.22. The van der Waals surface area contributed by atoms with Crippen molar-refractivity contribution in [1.29, 1.82) is 0 Å². The van der Waals surface area contributed by atoms with Gasteiger partial charge < -0.3 is 10.4 Å². The molecule has 2 aromatic heterocycles. The lowest BCUT2D eigenvalue weighted by Crippen LogP contribution is -2.48. The van der Waals surface area contributed by atoms with Crippen molar-refractivity contribution in [2.24, 2.45) is 0 Å². The first kappa shape index (κ1) is 24.9. The molecule has 2 aromatic carbocycles. The minimum Gasteiger partial charge on any atom is -0.377 e. The number of hydrogen-bond acceptors (Lipinski definition) is 7. The highest BCUT2D eigenvalue weighted by molar-refractivity contribution is 7.92. The summed E-state index contributed by atoms with van der Waals surface area (Å²) in [4.78, 5) is 7.21. The zero-order valence-electron chi connectivity index (χ0n) is 21.8. The van der Waals surface area contributed by atoms with Gasteiger partial charge in [0.1, 0.15) is 6.23 Å². The normalized spacial score (nSPS) is 21.1. The van der Waals surface area contributed by atoms with Gasteiger partial charge in [-0.25, -0.2) is 13.4 Å². The minimum absolute atomic E-state index is 0.169. The Kier molecular flexibility index (Phi) is 6.27. The number of aromatic amines is 1. The van der Waals surface area contributed by atoms with Crippen molar-refractivity contribution in [3.05, 3.63) is 65.9 Å². The molecule has 39 heavy (non-hydrogen) atoms. The maximum absolute atomic E-state index is 12.6. The van der Waals surface area contributed by atoms with Gasteiger partial charge in [-0.3, -0.25) is 10.00 Å². The number of aromatic nitrogens is 3. The Hall–Kier alpha value is -3.11. The van der Waals surface area contributed by atoms with Crippen molar-refractivity contribution in [3.8, 4) is 22.4 Å². The Morgan fingerprint density at radius 2 is 1.69 bits per heavy atom. The van der Waals surface area contributed by atoms with Gasteiger partial charge in [-0.05, 0) is 80.0 Å². The van der Waals surface area contributed by atoms with E-state index in [4.69, 9.17) is 0 Å². The lowest BCUT2D eigenvalue weighted by atomic mass is 9.96. The molecule has 4 aromatic rings. The van der Waals surface area contributed by atoms with Crippen molar-refractivity contribution < 1.29 is 13.5 Å². The van der Waals surface area contributed by atoms with Gasteiger partial charge in [0.05, 0.1) is 15.8 Å². The SMILES string of the molecule is O=S(=O)(c1ccc(-c2[nH]nc3ncc(-c4ccc5c(c4)CCN(C(O)[C@H]4CCCN4)CC5)cc23)cc1)C1CC1. The molecule has 0 spiro atoms. The van der Waals surface area contributed by atoms with Gasteiger partial charge in [-0.2, -0.15) is 5.10 Å². The predicted molar refractivity (Wildman–Crippen MR) is 151 cm³/mol. The number of aliphatic hydroxyl groups is 1. The lowest BCUT2D eigenvalue weighted by Gasteiger charge is -2.30. The quantitative estimate of drug-likeness (QED) is 0.340. The van der Waals surface area contributed by atoms with Gasteiger partial charge in [-0.1, -0.05) is 30.3 Å². The predicted octanol–water partition coefficient (Wildman–Crippen LogP) is 3.70.